The molecule has 0 bridgehead atoms. The van der Waals surface area contributed by atoms with E-state index in [1.165, 1.54) is 11.8 Å². The zero-order valence-corrected chi connectivity index (χ0v) is 18.4. The molecule has 156 valence electrons. The lowest BCUT2D eigenvalue weighted by atomic mass is 10.2. The Labute approximate surface area is 184 Å². The van der Waals surface area contributed by atoms with E-state index in [9.17, 15) is 9.59 Å². The predicted molar refractivity (Wildman–Crippen MR) is 122 cm³/mol. The van der Waals surface area contributed by atoms with Crippen LogP contribution in [-0.2, 0) is 11.3 Å². The average Bonchev–Trinajstić information content (AvgIpc) is 3.25. The highest BCUT2D eigenvalue weighted by molar-refractivity contribution is 8.00. The first-order valence-electron chi connectivity index (χ1n) is 10.2. The third-order valence-electron chi connectivity index (χ3n) is 5.47. The van der Waals surface area contributed by atoms with E-state index in [0.717, 1.165) is 31.2 Å². The van der Waals surface area contributed by atoms with Crippen molar-refractivity contribution in [1.82, 2.24) is 14.9 Å². The van der Waals surface area contributed by atoms with Crippen LogP contribution >= 0.6 is 23.4 Å². The molecule has 5 nitrogen and oxygen atoms in total. The van der Waals surface area contributed by atoms with E-state index in [1.807, 2.05) is 43.3 Å². The first kappa shape index (κ1) is 20.9. The number of fused-ring (bicyclic) bond motifs is 1. The van der Waals surface area contributed by atoms with Crippen LogP contribution in [0, 0.1) is 0 Å². The summed E-state index contributed by atoms with van der Waals surface area (Å²) in [5.74, 6) is -0.0152. The summed E-state index contributed by atoms with van der Waals surface area (Å²) in [5, 5.41) is 4.44. The molecule has 1 aromatic heterocycles. The molecule has 1 saturated carbocycles. The fraction of sp³-hybridized carbons (Fsp3) is 0.348. The van der Waals surface area contributed by atoms with Gasteiger partial charge < -0.3 is 5.32 Å². The van der Waals surface area contributed by atoms with Crippen molar-refractivity contribution in [2.45, 2.75) is 55.6 Å². The summed E-state index contributed by atoms with van der Waals surface area (Å²) in [6.07, 6.45) is 4.40. The number of benzene rings is 2. The molecule has 1 N–H and O–H groups in total. The topological polar surface area (TPSA) is 64.0 Å². The molecule has 0 spiro atoms. The monoisotopic (exact) mass is 441 g/mol. The van der Waals surface area contributed by atoms with Crippen molar-refractivity contribution in [3.05, 3.63) is 69.5 Å². The van der Waals surface area contributed by atoms with Crippen LogP contribution < -0.4 is 10.9 Å². The molecule has 1 amide bonds. The molecule has 1 atom stereocenters. The maximum atomic E-state index is 13.3. The standard InChI is InChI=1S/C23H24ClN3O2S/c1-15(21(28)25-17-9-3-4-10-17)30-23-26-20-13-7-5-11-18(20)22(29)27(23)14-16-8-2-6-12-19(16)24/h2,5-8,11-13,15,17H,3-4,9-10,14H2,1H3,(H,25,28). The quantitative estimate of drug-likeness (QED) is 0.447. The molecule has 2 aromatic carbocycles. The number of carbonyl (C=O) groups is 1. The lowest BCUT2D eigenvalue weighted by molar-refractivity contribution is -0.120. The van der Waals surface area contributed by atoms with Gasteiger partial charge in [0.2, 0.25) is 5.91 Å². The number of halogens is 1. The van der Waals surface area contributed by atoms with Gasteiger partial charge in [-0.25, -0.2) is 4.98 Å². The highest BCUT2D eigenvalue weighted by Gasteiger charge is 2.23. The molecule has 3 aromatic rings. The van der Waals surface area contributed by atoms with Crippen molar-refractivity contribution in [2.24, 2.45) is 0 Å². The molecule has 30 heavy (non-hydrogen) atoms. The summed E-state index contributed by atoms with van der Waals surface area (Å²) in [6, 6.07) is 15.0. The van der Waals surface area contributed by atoms with Gasteiger partial charge in [-0.05, 0) is 43.5 Å². The van der Waals surface area contributed by atoms with E-state index in [0.29, 0.717) is 27.6 Å². The molecule has 7 heteroatoms. The number of nitrogens with zero attached hydrogens (tertiary/aromatic N) is 2. The Hall–Kier alpha value is -2.31. The fourth-order valence-corrected chi connectivity index (χ4v) is 4.89. The Kier molecular flexibility index (Phi) is 6.44. The van der Waals surface area contributed by atoms with Crippen molar-refractivity contribution in [2.75, 3.05) is 0 Å². The SMILES string of the molecule is CC(Sc1nc2ccccc2c(=O)n1Cc1ccccc1Cl)C(=O)NC1CCCC1. The largest absolute Gasteiger partial charge is 0.352 e. The summed E-state index contributed by atoms with van der Waals surface area (Å²) in [5.41, 5.74) is 1.33. The Morgan fingerprint density at radius 3 is 2.67 bits per heavy atom. The van der Waals surface area contributed by atoms with Gasteiger partial charge in [-0.2, -0.15) is 0 Å². The molecule has 1 aliphatic rings. The summed E-state index contributed by atoms with van der Waals surface area (Å²) in [6.45, 7) is 2.16. The van der Waals surface area contributed by atoms with Crippen molar-refractivity contribution < 1.29 is 4.79 Å². The zero-order chi connectivity index (χ0) is 21.1. The normalized spacial score (nSPS) is 15.4. The molecule has 1 heterocycles. The molecular weight excluding hydrogens is 418 g/mol. The van der Waals surface area contributed by atoms with Crippen LogP contribution in [0.1, 0.15) is 38.2 Å². The number of hydrogen-bond acceptors (Lipinski definition) is 4. The number of thioether (sulfide) groups is 1. The molecule has 1 fully saturated rings. The van der Waals surface area contributed by atoms with Gasteiger partial charge >= 0.3 is 0 Å². The van der Waals surface area contributed by atoms with Crippen LogP contribution in [0.4, 0.5) is 0 Å². The van der Waals surface area contributed by atoms with E-state index >= 15 is 0 Å². The van der Waals surface area contributed by atoms with E-state index in [1.54, 1.807) is 16.7 Å². The van der Waals surface area contributed by atoms with Crippen LogP contribution in [0.15, 0.2) is 58.5 Å². The van der Waals surface area contributed by atoms with Gasteiger partial charge in [0.05, 0.1) is 22.7 Å². The summed E-state index contributed by atoms with van der Waals surface area (Å²) < 4.78 is 1.62. The van der Waals surface area contributed by atoms with Crippen LogP contribution in [0.2, 0.25) is 5.02 Å². The van der Waals surface area contributed by atoms with Gasteiger partial charge in [0, 0.05) is 11.1 Å². The summed E-state index contributed by atoms with van der Waals surface area (Å²) in [4.78, 5) is 30.7. The number of aromatic nitrogens is 2. The maximum absolute atomic E-state index is 13.3. The maximum Gasteiger partial charge on any atom is 0.262 e. The minimum absolute atomic E-state index is 0.0152. The smallest absolute Gasteiger partial charge is 0.262 e. The predicted octanol–water partition coefficient (Wildman–Crippen LogP) is 4.64. The molecule has 4 rings (SSSR count). The third-order valence-corrected chi connectivity index (χ3v) is 6.92. The van der Waals surface area contributed by atoms with E-state index in [4.69, 9.17) is 16.6 Å². The first-order valence-corrected chi connectivity index (χ1v) is 11.5. The molecule has 0 radical (unpaired) electrons. The third kappa shape index (κ3) is 4.55. The van der Waals surface area contributed by atoms with Crippen LogP contribution in [-0.4, -0.2) is 26.8 Å². The van der Waals surface area contributed by atoms with Gasteiger partial charge in [-0.15, -0.1) is 0 Å². The number of rotatable bonds is 6. The molecular formula is C23H24ClN3O2S. The summed E-state index contributed by atoms with van der Waals surface area (Å²) in [7, 11) is 0. The lowest BCUT2D eigenvalue weighted by Crippen LogP contribution is -2.38. The molecule has 1 unspecified atom stereocenters. The van der Waals surface area contributed by atoms with Crippen molar-refractivity contribution >= 4 is 40.2 Å². The van der Waals surface area contributed by atoms with Crippen molar-refractivity contribution in [1.29, 1.82) is 0 Å². The van der Waals surface area contributed by atoms with E-state index < -0.39 is 0 Å². The van der Waals surface area contributed by atoms with Crippen molar-refractivity contribution in [3.63, 3.8) is 0 Å². The second-order valence-corrected chi connectivity index (χ2v) is 9.36. The highest BCUT2D eigenvalue weighted by atomic mass is 35.5. The zero-order valence-electron chi connectivity index (χ0n) is 16.8. The number of para-hydroxylation sites is 1. The second-order valence-electron chi connectivity index (χ2n) is 7.64. The average molecular weight is 442 g/mol. The van der Waals surface area contributed by atoms with Gasteiger partial charge in [-0.1, -0.05) is 66.5 Å². The van der Waals surface area contributed by atoms with Crippen LogP contribution in [0.25, 0.3) is 10.9 Å². The van der Waals surface area contributed by atoms with Gasteiger partial charge in [0.15, 0.2) is 5.16 Å². The Bertz CT molecular complexity index is 1120. The Morgan fingerprint density at radius 2 is 1.90 bits per heavy atom. The molecule has 0 aliphatic heterocycles. The molecule has 0 saturated heterocycles. The first-order chi connectivity index (χ1) is 14.5. The Morgan fingerprint density at radius 1 is 1.20 bits per heavy atom. The summed E-state index contributed by atoms with van der Waals surface area (Å²) >= 11 is 7.65. The molecule has 1 aliphatic carbocycles. The van der Waals surface area contributed by atoms with Gasteiger partial charge in [0.1, 0.15) is 0 Å². The van der Waals surface area contributed by atoms with Crippen LogP contribution in [0.3, 0.4) is 0 Å². The van der Waals surface area contributed by atoms with E-state index in [-0.39, 0.29) is 22.8 Å². The number of carbonyl (C=O) groups excluding carboxylic acids is 1. The number of amides is 1. The minimum Gasteiger partial charge on any atom is -0.352 e. The van der Waals surface area contributed by atoms with Crippen molar-refractivity contribution in [3.8, 4) is 0 Å². The van der Waals surface area contributed by atoms with Gasteiger partial charge in [0.25, 0.3) is 5.56 Å². The number of hydrogen-bond donors (Lipinski definition) is 1. The highest BCUT2D eigenvalue weighted by Crippen LogP contribution is 2.26. The van der Waals surface area contributed by atoms with Crippen LogP contribution in [0.5, 0.6) is 0 Å². The lowest BCUT2D eigenvalue weighted by Gasteiger charge is -2.18. The van der Waals surface area contributed by atoms with E-state index in [2.05, 4.69) is 5.32 Å². The second kappa shape index (κ2) is 9.23. The number of nitrogens with one attached hydrogen (secondary N) is 1. The minimum atomic E-state index is -0.365. The fourth-order valence-electron chi connectivity index (χ4n) is 3.77. The van der Waals surface area contributed by atoms with Gasteiger partial charge in [-0.3, -0.25) is 14.2 Å². The Balaban J connectivity index is 1.67.